The van der Waals surface area contributed by atoms with E-state index >= 15 is 0 Å². The lowest BCUT2D eigenvalue weighted by atomic mass is 9.89. The van der Waals surface area contributed by atoms with E-state index in [1.165, 1.54) is 0 Å². The number of benzene rings is 6. The fourth-order valence-corrected chi connectivity index (χ4v) is 5.45. The first-order chi connectivity index (χ1) is 20.5. The molecule has 0 unspecified atom stereocenters. The van der Waals surface area contributed by atoms with Gasteiger partial charge in [0.1, 0.15) is 11.5 Å². The van der Waals surface area contributed by atoms with Gasteiger partial charge in [0.2, 0.25) is 0 Å². The number of phenolic OH excluding ortho intramolecular Hbond substituents is 2. The van der Waals surface area contributed by atoms with Crippen LogP contribution in [-0.2, 0) is 0 Å². The summed E-state index contributed by atoms with van der Waals surface area (Å²) in [5.41, 5.74) is 4.66. The summed E-state index contributed by atoms with van der Waals surface area (Å²) in [5, 5.41) is 26.8. The molecular formula is C38H32N2O2. The molecule has 4 nitrogen and oxygen atoms in total. The number of aliphatic imine (C=N–C) groups is 2. The topological polar surface area (TPSA) is 65.2 Å². The largest absolute Gasteiger partial charge is 0.507 e. The average Bonchev–Trinajstić information content (AvgIpc) is 3.04. The van der Waals surface area contributed by atoms with Gasteiger partial charge in [-0.25, -0.2) is 0 Å². The van der Waals surface area contributed by atoms with Crippen LogP contribution in [0.25, 0.3) is 32.7 Å². The zero-order chi connectivity index (χ0) is 29.1. The quantitative estimate of drug-likeness (QED) is 0.195. The second kappa shape index (κ2) is 11.7. The van der Waals surface area contributed by atoms with Crippen molar-refractivity contribution in [1.29, 1.82) is 0 Å². The molecule has 0 saturated heterocycles. The number of nitrogens with zero attached hydrogens (tertiary/aromatic N) is 2. The van der Waals surface area contributed by atoms with Crippen LogP contribution in [0.1, 0.15) is 48.2 Å². The molecule has 0 aliphatic carbocycles. The van der Waals surface area contributed by atoms with Crippen LogP contribution in [0.3, 0.4) is 0 Å². The van der Waals surface area contributed by atoms with Gasteiger partial charge in [-0.1, -0.05) is 109 Å². The maximum absolute atomic E-state index is 11.8. The number of aromatic hydroxyl groups is 2. The Labute approximate surface area is 246 Å². The van der Waals surface area contributed by atoms with Crippen LogP contribution >= 0.6 is 0 Å². The van der Waals surface area contributed by atoms with Crippen LogP contribution in [0.2, 0.25) is 0 Å². The second-order valence-electron chi connectivity index (χ2n) is 10.6. The summed E-state index contributed by atoms with van der Waals surface area (Å²) in [6, 6.07) is 39.5. The molecule has 0 aliphatic heterocycles. The standard InChI is InChI=1S/C38H32N2O2/c1-25(27-13-5-3-6-14-27)39-23-31-21-29-17-9-11-19-33(29)37(41)35(31)36-32(22-30-18-10-12-20-34(30)38(36)42)24-40-26(2)28-15-7-4-8-16-28/h3-26,41-42H,1-2H3/t25-,26-/m0/s1. The molecule has 0 heterocycles. The third-order valence-corrected chi connectivity index (χ3v) is 7.79. The van der Waals surface area contributed by atoms with Gasteiger partial charge < -0.3 is 10.2 Å². The van der Waals surface area contributed by atoms with Crippen LogP contribution < -0.4 is 0 Å². The Balaban J connectivity index is 1.58. The van der Waals surface area contributed by atoms with Crippen molar-refractivity contribution < 1.29 is 10.2 Å². The van der Waals surface area contributed by atoms with Crippen LogP contribution in [-0.4, -0.2) is 22.6 Å². The van der Waals surface area contributed by atoms with E-state index in [4.69, 9.17) is 9.98 Å². The van der Waals surface area contributed by atoms with E-state index in [-0.39, 0.29) is 23.6 Å². The Kier molecular flexibility index (Phi) is 7.52. The lowest BCUT2D eigenvalue weighted by Crippen LogP contribution is -1.99. The number of rotatable bonds is 7. The van der Waals surface area contributed by atoms with Gasteiger partial charge in [0.15, 0.2) is 0 Å². The lowest BCUT2D eigenvalue weighted by Gasteiger charge is -2.18. The molecule has 4 heteroatoms. The first-order valence-electron chi connectivity index (χ1n) is 14.2. The number of hydrogen-bond acceptors (Lipinski definition) is 4. The van der Waals surface area contributed by atoms with Crippen LogP contribution in [0.15, 0.2) is 131 Å². The van der Waals surface area contributed by atoms with Gasteiger partial charge in [0.05, 0.1) is 12.1 Å². The third-order valence-electron chi connectivity index (χ3n) is 7.79. The highest BCUT2D eigenvalue weighted by atomic mass is 16.3. The van der Waals surface area contributed by atoms with Gasteiger partial charge in [-0.15, -0.1) is 0 Å². The summed E-state index contributed by atoms with van der Waals surface area (Å²) in [6.07, 6.45) is 3.61. The molecule has 6 aromatic carbocycles. The van der Waals surface area contributed by atoms with E-state index in [9.17, 15) is 10.2 Å². The molecule has 0 spiro atoms. The Hall–Kier alpha value is -5.22. The summed E-state index contributed by atoms with van der Waals surface area (Å²) in [4.78, 5) is 9.77. The van der Waals surface area contributed by atoms with Crippen molar-refractivity contribution in [2.45, 2.75) is 25.9 Å². The summed E-state index contributed by atoms with van der Waals surface area (Å²) >= 11 is 0. The molecule has 0 fully saturated rings. The highest BCUT2D eigenvalue weighted by Crippen LogP contribution is 2.46. The lowest BCUT2D eigenvalue weighted by molar-refractivity contribution is 0.475. The van der Waals surface area contributed by atoms with Crippen molar-refractivity contribution in [3.8, 4) is 22.6 Å². The monoisotopic (exact) mass is 548 g/mol. The number of phenols is 2. The minimum Gasteiger partial charge on any atom is -0.507 e. The predicted molar refractivity (Wildman–Crippen MR) is 175 cm³/mol. The van der Waals surface area contributed by atoms with E-state index in [2.05, 4.69) is 24.3 Å². The van der Waals surface area contributed by atoms with Crippen LogP contribution in [0.4, 0.5) is 0 Å². The normalized spacial score (nSPS) is 13.3. The first-order valence-corrected chi connectivity index (χ1v) is 14.2. The van der Waals surface area contributed by atoms with Crippen molar-refractivity contribution in [3.63, 3.8) is 0 Å². The Morgan fingerprint density at radius 2 is 0.857 bits per heavy atom. The van der Waals surface area contributed by atoms with E-state index in [0.717, 1.165) is 21.9 Å². The minimum atomic E-state index is -0.0920. The van der Waals surface area contributed by atoms with Gasteiger partial charge in [0, 0.05) is 45.5 Å². The average molecular weight is 549 g/mol. The van der Waals surface area contributed by atoms with E-state index in [1.807, 2.05) is 111 Å². The molecule has 6 rings (SSSR count). The highest BCUT2D eigenvalue weighted by molar-refractivity contribution is 6.11. The van der Waals surface area contributed by atoms with Crippen LogP contribution in [0.5, 0.6) is 11.5 Å². The molecule has 0 amide bonds. The zero-order valence-corrected chi connectivity index (χ0v) is 23.6. The zero-order valence-electron chi connectivity index (χ0n) is 23.6. The second-order valence-corrected chi connectivity index (χ2v) is 10.6. The first kappa shape index (κ1) is 27.0. The predicted octanol–water partition coefficient (Wildman–Crippen LogP) is 9.43. The molecule has 0 radical (unpaired) electrons. The van der Waals surface area contributed by atoms with E-state index < -0.39 is 0 Å². The molecule has 6 aromatic rings. The summed E-state index contributed by atoms with van der Waals surface area (Å²) in [7, 11) is 0. The minimum absolute atomic E-state index is 0.0920. The van der Waals surface area contributed by atoms with Crippen molar-refractivity contribution in [2.75, 3.05) is 0 Å². The van der Waals surface area contributed by atoms with Crippen molar-refractivity contribution in [1.82, 2.24) is 0 Å². The SMILES string of the molecule is C[C@H](N=Cc1cc2ccccc2c(O)c1-c1c(C=N[C@@H](C)c2ccccc2)cc2ccccc2c1O)c1ccccc1. The smallest absolute Gasteiger partial charge is 0.132 e. The number of hydrogen-bond donors (Lipinski definition) is 2. The highest BCUT2D eigenvalue weighted by Gasteiger charge is 2.22. The summed E-state index contributed by atoms with van der Waals surface area (Å²) in [5.74, 6) is 0.191. The van der Waals surface area contributed by atoms with Crippen molar-refractivity contribution >= 4 is 34.0 Å². The Bertz CT molecular complexity index is 1790. The van der Waals surface area contributed by atoms with E-state index in [0.29, 0.717) is 33.0 Å². The maximum atomic E-state index is 11.8. The van der Waals surface area contributed by atoms with Gasteiger partial charge in [-0.2, -0.15) is 0 Å². The van der Waals surface area contributed by atoms with Gasteiger partial charge in [-0.3, -0.25) is 9.98 Å². The van der Waals surface area contributed by atoms with Gasteiger partial charge in [-0.05, 0) is 47.9 Å². The molecular weight excluding hydrogens is 516 g/mol. The maximum Gasteiger partial charge on any atom is 0.132 e. The van der Waals surface area contributed by atoms with Crippen LogP contribution in [0, 0.1) is 0 Å². The summed E-state index contributed by atoms with van der Waals surface area (Å²) in [6.45, 7) is 4.09. The fourth-order valence-electron chi connectivity index (χ4n) is 5.45. The summed E-state index contributed by atoms with van der Waals surface area (Å²) < 4.78 is 0. The molecule has 2 N–H and O–H groups in total. The molecule has 2 atom stereocenters. The molecule has 42 heavy (non-hydrogen) atoms. The molecule has 0 aliphatic rings. The van der Waals surface area contributed by atoms with Gasteiger partial charge >= 0.3 is 0 Å². The van der Waals surface area contributed by atoms with Gasteiger partial charge in [0.25, 0.3) is 0 Å². The van der Waals surface area contributed by atoms with E-state index in [1.54, 1.807) is 12.4 Å². The number of fused-ring (bicyclic) bond motifs is 2. The molecule has 0 aromatic heterocycles. The molecule has 0 bridgehead atoms. The Morgan fingerprint density at radius 3 is 1.26 bits per heavy atom. The van der Waals surface area contributed by atoms with Crippen molar-refractivity contribution in [2.24, 2.45) is 9.98 Å². The molecule has 0 saturated carbocycles. The molecule has 206 valence electrons. The fraction of sp³-hybridized carbons (Fsp3) is 0.105. The Morgan fingerprint density at radius 1 is 0.500 bits per heavy atom. The van der Waals surface area contributed by atoms with Crippen molar-refractivity contribution in [3.05, 3.63) is 144 Å². The third kappa shape index (κ3) is 5.27.